The van der Waals surface area contributed by atoms with E-state index in [1.54, 1.807) is 36.1 Å². The van der Waals surface area contributed by atoms with Crippen molar-refractivity contribution in [3.05, 3.63) is 54.6 Å². The second-order valence-corrected chi connectivity index (χ2v) is 8.07. The van der Waals surface area contributed by atoms with Gasteiger partial charge >= 0.3 is 12.1 Å². The number of carbonyl (C=O) groups is 2. The largest absolute Gasteiger partial charge is 0.496 e. The Labute approximate surface area is 214 Å². The molecular formula is C25H24F3N5O5. The molecule has 0 saturated carbocycles. The van der Waals surface area contributed by atoms with Crippen molar-refractivity contribution in [1.29, 1.82) is 0 Å². The molecule has 3 aromatic heterocycles. The second-order valence-electron chi connectivity index (χ2n) is 8.07. The molecule has 3 heterocycles. The first-order valence-electron chi connectivity index (χ1n) is 11.4. The van der Waals surface area contributed by atoms with Gasteiger partial charge in [0, 0.05) is 23.5 Å². The smallest absolute Gasteiger partial charge is 0.405 e. The first-order chi connectivity index (χ1) is 18.1. The van der Waals surface area contributed by atoms with E-state index in [9.17, 15) is 22.8 Å². The molecule has 0 unspecified atom stereocenters. The molecule has 0 atom stereocenters. The minimum absolute atomic E-state index is 0.00248. The number of ether oxygens (including phenoxy) is 3. The fourth-order valence-corrected chi connectivity index (χ4v) is 3.86. The predicted molar refractivity (Wildman–Crippen MR) is 130 cm³/mol. The number of amides is 1. The van der Waals surface area contributed by atoms with Crippen LogP contribution in [0.15, 0.2) is 49.1 Å². The summed E-state index contributed by atoms with van der Waals surface area (Å²) < 4.78 is 56.7. The fourth-order valence-electron chi connectivity index (χ4n) is 3.86. The van der Waals surface area contributed by atoms with Gasteiger partial charge in [-0.05, 0) is 36.8 Å². The summed E-state index contributed by atoms with van der Waals surface area (Å²) in [4.78, 5) is 28.7. The number of fused-ring (bicyclic) bond motifs is 1. The molecule has 0 saturated heterocycles. The first-order valence-corrected chi connectivity index (χ1v) is 11.4. The number of pyridine rings is 1. The van der Waals surface area contributed by atoms with E-state index in [1.807, 2.05) is 17.4 Å². The van der Waals surface area contributed by atoms with E-state index in [1.165, 1.54) is 31.0 Å². The number of carbonyl (C=O) groups excluding carboxylic acids is 2. The summed E-state index contributed by atoms with van der Waals surface area (Å²) in [7, 11) is 2.62. The molecule has 13 heteroatoms. The second kappa shape index (κ2) is 10.8. The average molecular weight is 531 g/mol. The number of halogens is 3. The van der Waals surface area contributed by atoms with Crippen LogP contribution in [0.25, 0.3) is 28.0 Å². The van der Waals surface area contributed by atoms with Gasteiger partial charge in [0.05, 0.1) is 38.9 Å². The molecule has 1 aromatic carbocycles. The van der Waals surface area contributed by atoms with Crippen LogP contribution >= 0.6 is 0 Å². The molecular weight excluding hydrogens is 507 g/mol. The maximum absolute atomic E-state index is 12.6. The number of hydrogen-bond donors (Lipinski definition) is 1. The van der Waals surface area contributed by atoms with Crippen LogP contribution in [0.4, 0.5) is 13.2 Å². The van der Waals surface area contributed by atoms with E-state index in [-0.39, 0.29) is 36.2 Å². The molecule has 10 nitrogen and oxygen atoms in total. The van der Waals surface area contributed by atoms with Crippen molar-refractivity contribution < 1.29 is 37.0 Å². The Morgan fingerprint density at radius 2 is 1.74 bits per heavy atom. The van der Waals surface area contributed by atoms with Crippen LogP contribution in [-0.2, 0) is 16.1 Å². The fraction of sp³-hybridized carbons (Fsp3) is 0.280. The molecule has 0 fully saturated rings. The lowest BCUT2D eigenvalue weighted by molar-refractivity contribution is -0.144. The van der Waals surface area contributed by atoms with Gasteiger partial charge in [-0.25, -0.2) is 4.98 Å². The van der Waals surface area contributed by atoms with E-state index in [0.717, 1.165) is 11.1 Å². The highest BCUT2D eigenvalue weighted by Crippen LogP contribution is 2.36. The first kappa shape index (κ1) is 26.5. The number of alkyl halides is 3. The summed E-state index contributed by atoms with van der Waals surface area (Å²) in [6.07, 6.45) is 2.20. The SMILES string of the molecule is CCOC(=O)Cn1cc(-c2ccn3c(-c4cc(OC)c(C(=O)NCC(F)(F)F)c(OC)c4)cnc3c2)cn1. The van der Waals surface area contributed by atoms with Gasteiger partial charge in [0.15, 0.2) is 0 Å². The van der Waals surface area contributed by atoms with Gasteiger partial charge in [-0.2, -0.15) is 18.3 Å². The number of rotatable bonds is 9. The number of nitrogens with zero attached hydrogens (tertiary/aromatic N) is 4. The van der Waals surface area contributed by atoms with Gasteiger partial charge in [0.25, 0.3) is 5.91 Å². The Hall–Kier alpha value is -4.55. The third-order valence-electron chi connectivity index (χ3n) is 5.55. The number of aromatic nitrogens is 4. The minimum atomic E-state index is -4.56. The Bertz CT molecular complexity index is 1450. The van der Waals surface area contributed by atoms with Crippen molar-refractivity contribution in [2.75, 3.05) is 27.4 Å². The van der Waals surface area contributed by atoms with E-state index < -0.39 is 18.6 Å². The Morgan fingerprint density at radius 3 is 2.37 bits per heavy atom. The average Bonchev–Trinajstić information content (AvgIpc) is 3.52. The Morgan fingerprint density at radius 1 is 1.03 bits per heavy atom. The highest BCUT2D eigenvalue weighted by Gasteiger charge is 2.30. The third kappa shape index (κ3) is 5.71. The van der Waals surface area contributed by atoms with Crippen LogP contribution in [0.5, 0.6) is 11.5 Å². The monoisotopic (exact) mass is 531 g/mol. The van der Waals surface area contributed by atoms with Crippen molar-refractivity contribution in [3.63, 3.8) is 0 Å². The number of nitrogens with one attached hydrogen (secondary N) is 1. The van der Waals surface area contributed by atoms with Gasteiger partial charge < -0.3 is 19.5 Å². The molecule has 0 aliphatic heterocycles. The summed E-state index contributed by atoms with van der Waals surface area (Å²) in [5, 5.41) is 6.04. The quantitative estimate of drug-likeness (QED) is 0.328. The maximum atomic E-state index is 12.6. The molecule has 0 aliphatic rings. The molecule has 0 bridgehead atoms. The Balaban J connectivity index is 1.65. The zero-order chi connectivity index (χ0) is 27.4. The lowest BCUT2D eigenvalue weighted by Crippen LogP contribution is -2.34. The molecule has 38 heavy (non-hydrogen) atoms. The van der Waals surface area contributed by atoms with Crippen LogP contribution in [0.3, 0.4) is 0 Å². The zero-order valence-electron chi connectivity index (χ0n) is 20.7. The summed E-state index contributed by atoms with van der Waals surface area (Å²) in [5.41, 5.74) is 3.23. The maximum Gasteiger partial charge on any atom is 0.405 e. The highest BCUT2D eigenvalue weighted by molar-refractivity contribution is 6.00. The molecule has 0 radical (unpaired) electrons. The molecule has 0 aliphatic carbocycles. The zero-order valence-corrected chi connectivity index (χ0v) is 20.7. The van der Waals surface area contributed by atoms with Crippen LogP contribution < -0.4 is 14.8 Å². The van der Waals surface area contributed by atoms with Gasteiger partial charge in [0.1, 0.15) is 35.8 Å². The molecule has 4 rings (SSSR count). The summed E-state index contributed by atoms with van der Waals surface area (Å²) >= 11 is 0. The summed E-state index contributed by atoms with van der Waals surface area (Å²) in [6.45, 7) is 0.530. The standard InChI is InChI=1S/C25H24F3N5O5/c1-4-38-22(34)13-32-12-17(10-31-32)15-5-6-33-18(11-29-21(33)9-15)16-7-19(36-2)23(20(8-16)37-3)24(35)30-14-25(26,27)28/h5-12H,4,13-14H2,1-3H3,(H,30,35). The summed E-state index contributed by atoms with van der Waals surface area (Å²) in [5.74, 6) is -1.28. The molecule has 0 spiro atoms. The third-order valence-corrected chi connectivity index (χ3v) is 5.55. The van der Waals surface area contributed by atoms with Gasteiger partial charge in [-0.15, -0.1) is 0 Å². The summed E-state index contributed by atoms with van der Waals surface area (Å²) in [6, 6.07) is 6.74. The number of esters is 1. The minimum Gasteiger partial charge on any atom is -0.496 e. The van der Waals surface area contributed by atoms with Crippen molar-refractivity contribution in [2.45, 2.75) is 19.6 Å². The number of methoxy groups -OCH3 is 2. The van der Waals surface area contributed by atoms with Crippen molar-refractivity contribution in [1.82, 2.24) is 24.5 Å². The van der Waals surface area contributed by atoms with Crippen molar-refractivity contribution >= 4 is 17.5 Å². The van der Waals surface area contributed by atoms with Crippen LogP contribution in [0.1, 0.15) is 17.3 Å². The van der Waals surface area contributed by atoms with E-state index in [0.29, 0.717) is 16.9 Å². The Kier molecular flexibility index (Phi) is 7.55. The lowest BCUT2D eigenvalue weighted by atomic mass is 10.1. The number of hydrogen-bond acceptors (Lipinski definition) is 7. The predicted octanol–water partition coefficient (Wildman–Crippen LogP) is 3.74. The molecule has 1 N–H and O–H groups in total. The number of imidazole rings is 1. The molecule has 200 valence electrons. The normalized spacial score (nSPS) is 11.4. The van der Waals surface area contributed by atoms with Gasteiger partial charge in [-0.1, -0.05) is 0 Å². The lowest BCUT2D eigenvalue weighted by Gasteiger charge is -2.16. The van der Waals surface area contributed by atoms with Crippen molar-refractivity contribution in [2.24, 2.45) is 0 Å². The highest BCUT2D eigenvalue weighted by atomic mass is 19.4. The molecule has 1 amide bonds. The van der Waals surface area contributed by atoms with E-state index in [2.05, 4.69) is 10.1 Å². The molecule has 4 aromatic rings. The van der Waals surface area contributed by atoms with Gasteiger partial charge in [-0.3, -0.25) is 18.7 Å². The topological polar surface area (TPSA) is 109 Å². The van der Waals surface area contributed by atoms with E-state index in [4.69, 9.17) is 14.2 Å². The van der Waals surface area contributed by atoms with E-state index >= 15 is 0 Å². The van der Waals surface area contributed by atoms with Crippen LogP contribution in [0.2, 0.25) is 0 Å². The van der Waals surface area contributed by atoms with Crippen LogP contribution in [0, 0.1) is 0 Å². The van der Waals surface area contributed by atoms with Gasteiger partial charge in [0.2, 0.25) is 0 Å². The van der Waals surface area contributed by atoms with Crippen molar-refractivity contribution in [3.8, 4) is 33.9 Å². The number of benzene rings is 1. The van der Waals surface area contributed by atoms with Crippen LogP contribution in [-0.4, -0.2) is 64.6 Å².